The molecule has 9 heteroatoms. The average Bonchev–Trinajstić information content (AvgIpc) is 2.97. The normalized spacial score (nSPS) is 15.0. The Labute approximate surface area is 113 Å². The van der Waals surface area contributed by atoms with Crippen LogP contribution < -0.4 is 5.32 Å². The van der Waals surface area contributed by atoms with Gasteiger partial charge in [0.05, 0.1) is 6.20 Å². The lowest BCUT2D eigenvalue weighted by atomic mass is 10.3. The van der Waals surface area contributed by atoms with Gasteiger partial charge in [-0.1, -0.05) is 5.16 Å². The van der Waals surface area contributed by atoms with Crippen molar-refractivity contribution in [3.63, 3.8) is 0 Å². The van der Waals surface area contributed by atoms with E-state index in [0.717, 1.165) is 0 Å². The van der Waals surface area contributed by atoms with E-state index >= 15 is 0 Å². The van der Waals surface area contributed by atoms with Crippen LogP contribution in [0.3, 0.4) is 0 Å². The van der Waals surface area contributed by atoms with Gasteiger partial charge in [-0.3, -0.25) is 14.6 Å². The largest absolute Gasteiger partial charge is 0.353 e. The summed E-state index contributed by atoms with van der Waals surface area (Å²) in [5.74, 6) is -0.663. The maximum absolute atomic E-state index is 12.1. The van der Waals surface area contributed by atoms with Gasteiger partial charge in [0.25, 0.3) is 0 Å². The molecule has 2 aromatic heterocycles. The number of hydrogen-bond acceptors (Lipinski definition) is 7. The fourth-order valence-electron chi connectivity index (χ4n) is 1.78. The van der Waals surface area contributed by atoms with Gasteiger partial charge in [0, 0.05) is 25.5 Å². The zero-order valence-corrected chi connectivity index (χ0v) is 10.3. The zero-order valence-electron chi connectivity index (χ0n) is 10.3. The van der Waals surface area contributed by atoms with Gasteiger partial charge in [-0.05, 0) is 0 Å². The third-order valence-corrected chi connectivity index (χ3v) is 2.73. The first-order chi connectivity index (χ1) is 9.74. The number of amides is 2. The Bertz CT molecular complexity index is 641. The van der Waals surface area contributed by atoms with Crippen molar-refractivity contribution < 1.29 is 14.1 Å². The van der Waals surface area contributed by atoms with Crippen molar-refractivity contribution in [2.75, 3.05) is 19.6 Å². The maximum atomic E-state index is 12.1. The number of piperazine rings is 1. The molecule has 3 heterocycles. The van der Waals surface area contributed by atoms with Crippen molar-refractivity contribution in [2.45, 2.75) is 0 Å². The lowest BCUT2D eigenvalue weighted by molar-refractivity contribution is -0.123. The summed E-state index contributed by atoms with van der Waals surface area (Å²) in [6.07, 6.45) is 4.47. The smallest absolute Gasteiger partial charge is 0.316 e. The van der Waals surface area contributed by atoms with Gasteiger partial charge in [0.15, 0.2) is 0 Å². The van der Waals surface area contributed by atoms with Crippen molar-refractivity contribution in [3.8, 4) is 11.5 Å². The molecule has 0 radical (unpaired) electrons. The molecule has 0 bridgehead atoms. The highest BCUT2D eigenvalue weighted by molar-refractivity contribution is 5.93. The molecular formula is C11H10N6O3. The molecule has 2 amide bonds. The minimum Gasteiger partial charge on any atom is -0.353 e. The quantitative estimate of drug-likeness (QED) is 0.754. The third kappa shape index (κ3) is 2.32. The van der Waals surface area contributed by atoms with Crippen molar-refractivity contribution in [2.24, 2.45) is 0 Å². The van der Waals surface area contributed by atoms with Gasteiger partial charge in [-0.2, -0.15) is 4.98 Å². The Morgan fingerprint density at radius 1 is 1.40 bits per heavy atom. The van der Waals surface area contributed by atoms with E-state index < -0.39 is 5.91 Å². The second-order valence-corrected chi connectivity index (χ2v) is 4.09. The highest BCUT2D eigenvalue weighted by atomic mass is 16.5. The van der Waals surface area contributed by atoms with E-state index in [4.69, 9.17) is 4.52 Å². The Balaban J connectivity index is 1.80. The molecule has 9 nitrogen and oxygen atoms in total. The van der Waals surface area contributed by atoms with Crippen LogP contribution in [-0.4, -0.2) is 56.5 Å². The van der Waals surface area contributed by atoms with Gasteiger partial charge in [-0.25, -0.2) is 4.98 Å². The van der Waals surface area contributed by atoms with Crippen LogP contribution in [0, 0.1) is 0 Å². The fraction of sp³-hybridized carbons (Fsp3) is 0.273. The van der Waals surface area contributed by atoms with E-state index in [2.05, 4.69) is 25.4 Å². The first-order valence-electron chi connectivity index (χ1n) is 5.90. The summed E-state index contributed by atoms with van der Waals surface area (Å²) in [6, 6.07) is 0. The van der Waals surface area contributed by atoms with E-state index in [1.54, 1.807) is 0 Å². The van der Waals surface area contributed by atoms with Gasteiger partial charge < -0.3 is 14.7 Å². The van der Waals surface area contributed by atoms with Crippen molar-refractivity contribution in [1.29, 1.82) is 0 Å². The molecule has 0 unspecified atom stereocenters. The molecule has 102 valence electrons. The Kier molecular flexibility index (Phi) is 3.07. The number of nitrogens with zero attached hydrogens (tertiary/aromatic N) is 5. The Hall–Kier alpha value is -2.84. The minimum atomic E-state index is -0.470. The molecule has 1 saturated heterocycles. The second-order valence-electron chi connectivity index (χ2n) is 4.09. The fourth-order valence-corrected chi connectivity index (χ4v) is 1.78. The number of rotatable bonds is 2. The summed E-state index contributed by atoms with van der Waals surface area (Å²) in [6.45, 7) is 0.810. The van der Waals surface area contributed by atoms with E-state index in [1.165, 1.54) is 23.5 Å². The number of carbonyl (C=O) groups is 2. The summed E-state index contributed by atoms with van der Waals surface area (Å²) >= 11 is 0. The van der Waals surface area contributed by atoms with Crippen LogP contribution >= 0.6 is 0 Å². The first kappa shape index (κ1) is 12.2. The molecule has 0 aliphatic carbocycles. The van der Waals surface area contributed by atoms with Crippen molar-refractivity contribution >= 4 is 11.8 Å². The topological polar surface area (TPSA) is 114 Å². The standard InChI is InChI=1S/C11H10N6O3/c18-8-6-17(4-3-14-8)11(19)10-15-9(16-20-10)7-5-12-1-2-13-7/h1-2,5H,3-4,6H2,(H,14,18). The molecule has 1 N–H and O–H groups in total. The molecule has 20 heavy (non-hydrogen) atoms. The Morgan fingerprint density at radius 2 is 2.30 bits per heavy atom. The molecule has 0 atom stereocenters. The number of nitrogens with one attached hydrogen (secondary N) is 1. The molecule has 1 fully saturated rings. The highest BCUT2D eigenvalue weighted by Gasteiger charge is 2.26. The van der Waals surface area contributed by atoms with Crippen LogP contribution in [0.25, 0.3) is 11.5 Å². The summed E-state index contributed by atoms with van der Waals surface area (Å²) in [5, 5.41) is 6.32. The highest BCUT2D eigenvalue weighted by Crippen LogP contribution is 2.12. The van der Waals surface area contributed by atoms with E-state index in [-0.39, 0.29) is 24.2 Å². The summed E-state index contributed by atoms with van der Waals surface area (Å²) in [4.78, 5) is 36.6. The molecule has 1 aliphatic heterocycles. The predicted octanol–water partition coefficient (Wildman–Crippen LogP) is -0.901. The van der Waals surface area contributed by atoms with Gasteiger partial charge in [0.2, 0.25) is 11.7 Å². The van der Waals surface area contributed by atoms with Gasteiger partial charge in [0.1, 0.15) is 12.2 Å². The molecule has 1 aliphatic rings. The van der Waals surface area contributed by atoms with Crippen LogP contribution in [0.1, 0.15) is 10.7 Å². The minimum absolute atomic E-state index is 0.0122. The predicted molar refractivity (Wildman–Crippen MR) is 64.2 cm³/mol. The lowest BCUT2D eigenvalue weighted by Crippen LogP contribution is -2.50. The van der Waals surface area contributed by atoms with Crippen LogP contribution in [0.2, 0.25) is 0 Å². The maximum Gasteiger partial charge on any atom is 0.316 e. The van der Waals surface area contributed by atoms with Gasteiger partial charge in [-0.15, -0.1) is 0 Å². The van der Waals surface area contributed by atoms with E-state index in [1.807, 2.05) is 0 Å². The summed E-state index contributed by atoms with van der Waals surface area (Å²) < 4.78 is 4.92. The second kappa shape index (κ2) is 5.03. The molecule has 3 rings (SSSR count). The molecule has 0 aromatic carbocycles. The summed E-state index contributed by atoms with van der Waals surface area (Å²) in [5.41, 5.74) is 0.409. The average molecular weight is 274 g/mol. The van der Waals surface area contributed by atoms with E-state index in [0.29, 0.717) is 18.8 Å². The molecular weight excluding hydrogens is 264 g/mol. The monoisotopic (exact) mass is 274 g/mol. The van der Waals surface area contributed by atoms with Crippen molar-refractivity contribution in [1.82, 2.24) is 30.3 Å². The van der Waals surface area contributed by atoms with Crippen molar-refractivity contribution in [3.05, 3.63) is 24.5 Å². The van der Waals surface area contributed by atoms with Crippen LogP contribution in [0.4, 0.5) is 0 Å². The number of hydrogen-bond donors (Lipinski definition) is 1. The SMILES string of the molecule is O=C1CN(C(=O)c2nc(-c3cnccn3)no2)CCN1. The van der Waals surface area contributed by atoms with Crippen LogP contribution in [0.5, 0.6) is 0 Å². The molecule has 0 spiro atoms. The number of aromatic nitrogens is 4. The number of carbonyl (C=O) groups excluding carboxylic acids is 2. The van der Waals surface area contributed by atoms with E-state index in [9.17, 15) is 9.59 Å². The van der Waals surface area contributed by atoms with Gasteiger partial charge >= 0.3 is 11.8 Å². The first-order valence-corrected chi connectivity index (χ1v) is 5.90. The third-order valence-electron chi connectivity index (χ3n) is 2.73. The molecule has 2 aromatic rings. The lowest BCUT2D eigenvalue weighted by Gasteiger charge is -2.24. The van der Waals surface area contributed by atoms with Crippen LogP contribution in [-0.2, 0) is 4.79 Å². The Morgan fingerprint density at radius 3 is 3.05 bits per heavy atom. The summed E-state index contributed by atoms with van der Waals surface area (Å²) in [7, 11) is 0. The van der Waals surface area contributed by atoms with Crippen LogP contribution in [0.15, 0.2) is 23.1 Å². The molecule has 0 saturated carbocycles. The zero-order chi connectivity index (χ0) is 13.9.